The van der Waals surface area contributed by atoms with Crippen LogP contribution in [0.5, 0.6) is 0 Å². The van der Waals surface area contributed by atoms with Crippen LogP contribution in [0.1, 0.15) is 19.3 Å². The lowest BCUT2D eigenvalue weighted by atomic mass is 10.1. The van der Waals surface area contributed by atoms with E-state index < -0.39 is 5.97 Å². The third kappa shape index (κ3) is 2.26. The van der Waals surface area contributed by atoms with Crippen molar-refractivity contribution in [3.05, 3.63) is 36.5 Å². The highest BCUT2D eigenvalue weighted by Crippen LogP contribution is 2.31. The van der Waals surface area contributed by atoms with E-state index in [2.05, 4.69) is 16.0 Å². The van der Waals surface area contributed by atoms with Crippen LogP contribution in [-0.4, -0.2) is 28.6 Å². The summed E-state index contributed by atoms with van der Waals surface area (Å²) in [7, 11) is 0. The van der Waals surface area contributed by atoms with Crippen molar-refractivity contribution in [3.63, 3.8) is 0 Å². The maximum Gasteiger partial charge on any atom is 0.305 e. The molecule has 4 nitrogen and oxygen atoms in total. The molecule has 2 heterocycles. The van der Waals surface area contributed by atoms with E-state index in [1.807, 2.05) is 24.3 Å². The zero-order chi connectivity index (χ0) is 13.2. The molecule has 3 rings (SSSR count). The summed E-state index contributed by atoms with van der Waals surface area (Å²) in [6.07, 6.45) is 3.94. The molecule has 98 valence electrons. The molecule has 1 N–H and O–H groups in total. The van der Waals surface area contributed by atoms with Gasteiger partial charge >= 0.3 is 5.97 Å². The molecule has 1 aliphatic rings. The molecule has 2 aromatic rings. The van der Waals surface area contributed by atoms with Gasteiger partial charge in [0.1, 0.15) is 5.82 Å². The van der Waals surface area contributed by atoms with Crippen molar-refractivity contribution < 1.29 is 9.90 Å². The Hall–Kier alpha value is -2.10. The summed E-state index contributed by atoms with van der Waals surface area (Å²) in [6, 6.07) is 10.2. The Morgan fingerprint density at radius 3 is 3.05 bits per heavy atom. The van der Waals surface area contributed by atoms with Gasteiger partial charge in [-0.25, -0.2) is 4.98 Å². The van der Waals surface area contributed by atoms with Gasteiger partial charge in [-0.05, 0) is 24.3 Å². The maximum absolute atomic E-state index is 10.9. The second kappa shape index (κ2) is 4.88. The molecule has 1 saturated heterocycles. The van der Waals surface area contributed by atoms with E-state index in [9.17, 15) is 4.79 Å². The number of carbonyl (C=O) groups is 1. The summed E-state index contributed by atoms with van der Waals surface area (Å²) in [5, 5.41) is 11.3. The third-order valence-corrected chi connectivity index (χ3v) is 3.71. The third-order valence-electron chi connectivity index (χ3n) is 3.71. The Morgan fingerprint density at radius 2 is 2.21 bits per heavy atom. The predicted octanol–water partition coefficient (Wildman–Crippen LogP) is 2.68. The van der Waals surface area contributed by atoms with Crippen LogP contribution in [-0.2, 0) is 4.79 Å². The molecular weight excluding hydrogens is 240 g/mol. The molecule has 1 aromatic heterocycles. The van der Waals surface area contributed by atoms with Crippen molar-refractivity contribution in [2.45, 2.75) is 25.3 Å². The van der Waals surface area contributed by atoms with Crippen LogP contribution in [0.25, 0.3) is 10.8 Å². The van der Waals surface area contributed by atoms with Crippen molar-refractivity contribution in [2.75, 3.05) is 11.4 Å². The van der Waals surface area contributed by atoms with E-state index in [4.69, 9.17) is 5.11 Å². The molecule has 0 bridgehead atoms. The Kier molecular flexibility index (Phi) is 3.07. The van der Waals surface area contributed by atoms with E-state index in [1.54, 1.807) is 6.20 Å². The summed E-state index contributed by atoms with van der Waals surface area (Å²) in [4.78, 5) is 17.6. The number of carboxylic acid groups (broad SMARTS) is 1. The minimum Gasteiger partial charge on any atom is -0.481 e. The van der Waals surface area contributed by atoms with Crippen molar-refractivity contribution in [1.82, 2.24) is 4.98 Å². The minimum atomic E-state index is -0.739. The first kappa shape index (κ1) is 12.0. The fraction of sp³-hybridized carbons (Fsp3) is 0.333. The average Bonchev–Trinajstić information content (AvgIpc) is 2.85. The number of carboxylic acids is 1. The Bertz CT molecular complexity index is 607. The zero-order valence-corrected chi connectivity index (χ0v) is 10.6. The Balaban J connectivity index is 2.01. The van der Waals surface area contributed by atoms with Gasteiger partial charge in [-0.3, -0.25) is 4.79 Å². The van der Waals surface area contributed by atoms with Gasteiger partial charge in [0.2, 0.25) is 0 Å². The molecule has 1 aromatic carbocycles. The molecule has 0 aliphatic carbocycles. The standard InChI is InChI=1S/C15H16N2O2/c18-14(19)10-12-5-3-9-17(12)15-13-6-2-1-4-11(13)7-8-16-15/h1-2,4,6-8,12H,3,5,9-10H2,(H,18,19). The number of hydrogen-bond acceptors (Lipinski definition) is 3. The summed E-state index contributed by atoms with van der Waals surface area (Å²) in [5.41, 5.74) is 0. The van der Waals surface area contributed by atoms with Gasteiger partial charge in [0, 0.05) is 24.2 Å². The molecule has 4 heteroatoms. The minimum absolute atomic E-state index is 0.0656. The predicted molar refractivity (Wildman–Crippen MR) is 74.4 cm³/mol. The maximum atomic E-state index is 10.9. The molecule has 1 unspecified atom stereocenters. The summed E-state index contributed by atoms with van der Waals surface area (Å²) >= 11 is 0. The van der Waals surface area contributed by atoms with Gasteiger partial charge in [0.15, 0.2) is 0 Å². The van der Waals surface area contributed by atoms with Crippen molar-refractivity contribution in [3.8, 4) is 0 Å². The molecule has 1 fully saturated rings. The first-order valence-corrected chi connectivity index (χ1v) is 6.58. The van der Waals surface area contributed by atoms with E-state index in [-0.39, 0.29) is 12.5 Å². The number of benzene rings is 1. The summed E-state index contributed by atoms with van der Waals surface area (Å²) in [6.45, 7) is 0.888. The lowest BCUT2D eigenvalue weighted by Gasteiger charge is -2.25. The molecule has 0 amide bonds. The second-order valence-corrected chi connectivity index (χ2v) is 4.94. The molecule has 19 heavy (non-hydrogen) atoms. The first-order chi connectivity index (χ1) is 9.25. The number of aromatic nitrogens is 1. The number of fused-ring (bicyclic) bond motifs is 1. The van der Waals surface area contributed by atoms with Crippen molar-refractivity contribution in [1.29, 1.82) is 0 Å². The Labute approximate surface area is 111 Å². The van der Waals surface area contributed by atoms with Crippen LogP contribution in [0, 0.1) is 0 Å². The van der Waals surface area contributed by atoms with Crippen LogP contribution >= 0.6 is 0 Å². The lowest BCUT2D eigenvalue weighted by Crippen LogP contribution is -2.32. The second-order valence-electron chi connectivity index (χ2n) is 4.94. The fourth-order valence-electron chi connectivity index (χ4n) is 2.86. The number of hydrogen-bond donors (Lipinski definition) is 1. The molecule has 0 radical (unpaired) electrons. The van der Waals surface area contributed by atoms with E-state index in [0.29, 0.717) is 0 Å². The number of nitrogens with zero attached hydrogens (tertiary/aromatic N) is 2. The van der Waals surface area contributed by atoms with Gasteiger partial charge < -0.3 is 10.0 Å². The van der Waals surface area contributed by atoms with Gasteiger partial charge in [-0.2, -0.15) is 0 Å². The van der Waals surface area contributed by atoms with E-state index in [0.717, 1.165) is 36.0 Å². The van der Waals surface area contributed by atoms with Crippen molar-refractivity contribution in [2.24, 2.45) is 0 Å². The normalized spacial score (nSPS) is 18.9. The molecule has 1 atom stereocenters. The van der Waals surface area contributed by atoms with Crippen LogP contribution in [0.15, 0.2) is 36.5 Å². The highest BCUT2D eigenvalue weighted by Gasteiger charge is 2.28. The SMILES string of the molecule is O=C(O)CC1CCCN1c1nccc2ccccc12. The number of anilines is 1. The van der Waals surface area contributed by atoms with E-state index >= 15 is 0 Å². The Morgan fingerprint density at radius 1 is 1.37 bits per heavy atom. The highest BCUT2D eigenvalue weighted by atomic mass is 16.4. The quantitative estimate of drug-likeness (QED) is 0.917. The molecule has 0 saturated carbocycles. The lowest BCUT2D eigenvalue weighted by molar-refractivity contribution is -0.137. The smallest absolute Gasteiger partial charge is 0.305 e. The van der Waals surface area contributed by atoms with Gasteiger partial charge in [-0.1, -0.05) is 24.3 Å². The molecular formula is C15H16N2O2. The van der Waals surface area contributed by atoms with Crippen LogP contribution in [0.4, 0.5) is 5.82 Å². The first-order valence-electron chi connectivity index (χ1n) is 6.58. The number of pyridine rings is 1. The van der Waals surface area contributed by atoms with E-state index in [1.165, 1.54) is 0 Å². The van der Waals surface area contributed by atoms with Crippen LogP contribution in [0.3, 0.4) is 0 Å². The van der Waals surface area contributed by atoms with Gasteiger partial charge in [0.05, 0.1) is 6.42 Å². The topological polar surface area (TPSA) is 53.4 Å². The van der Waals surface area contributed by atoms with Crippen LogP contribution < -0.4 is 4.90 Å². The highest BCUT2D eigenvalue weighted by molar-refractivity contribution is 5.92. The average molecular weight is 256 g/mol. The number of aliphatic carboxylic acids is 1. The van der Waals surface area contributed by atoms with Crippen molar-refractivity contribution >= 4 is 22.6 Å². The van der Waals surface area contributed by atoms with Gasteiger partial charge in [-0.15, -0.1) is 0 Å². The largest absolute Gasteiger partial charge is 0.481 e. The fourth-order valence-corrected chi connectivity index (χ4v) is 2.86. The zero-order valence-electron chi connectivity index (χ0n) is 10.6. The van der Waals surface area contributed by atoms with Crippen LogP contribution in [0.2, 0.25) is 0 Å². The van der Waals surface area contributed by atoms with Gasteiger partial charge in [0.25, 0.3) is 0 Å². The monoisotopic (exact) mass is 256 g/mol. The summed E-state index contributed by atoms with van der Waals surface area (Å²) < 4.78 is 0. The summed E-state index contributed by atoms with van der Waals surface area (Å²) in [5.74, 6) is 0.180. The molecule has 0 spiro atoms. The number of rotatable bonds is 3. The molecule has 1 aliphatic heterocycles.